The van der Waals surface area contributed by atoms with Crippen LogP contribution in [0.4, 0.5) is 17.1 Å². The van der Waals surface area contributed by atoms with Crippen molar-refractivity contribution < 1.29 is 19.1 Å². The molecule has 3 N–H and O–H groups in total. The highest BCUT2D eigenvalue weighted by Gasteiger charge is 2.13. The molecule has 0 saturated heterocycles. The number of benzene rings is 2. The molecule has 0 aliphatic carbocycles. The third-order valence-electron chi connectivity index (χ3n) is 3.29. The lowest BCUT2D eigenvalue weighted by atomic mass is 10.2. The van der Waals surface area contributed by atoms with Crippen LogP contribution in [0.1, 0.15) is 6.92 Å². The first-order valence-electron chi connectivity index (χ1n) is 7.41. The topological polar surface area (TPSA) is 88.7 Å². The van der Waals surface area contributed by atoms with E-state index >= 15 is 0 Å². The highest BCUT2D eigenvalue weighted by atomic mass is 16.7. The lowest BCUT2D eigenvalue weighted by Crippen LogP contribution is -2.21. The summed E-state index contributed by atoms with van der Waals surface area (Å²) < 4.78 is 10.5. The van der Waals surface area contributed by atoms with E-state index in [-0.39, 0.29) is 25.2 Å². The normalized spacial score (nSPS) is 11.7. The number of hydrogen-bond acceptors (Lipinski definition) is 5. The Bertz CT molecular complexity index is 776. The van der Waals surface area contributed by atoms with Crippen molar-refractivity contribution >= 4 is 28.9 Å². The summed E-state index contributed by atoms with van der Waals surface area (Å²) in [6.45, 7) is 1.74. The molecule has 3 rings (SSSR count). The van der Waals surface area contributed by atoms with E-state index in [1.54, 1.807) is 36.4 Å². The van der Waals surface area contributed by atoms with Gasteiger partial charge in [-0.1, -0.05) is 6.07 Å². The lowest BCUT2D eigenvalue weighted by Gasteiger charge is -2.10. The average Bonchev–Trinajstić information content (AvgIpc) is 3.00. The number of ether oxygens (including phenoxy) is 2. The van der Waals surface area contributed by atoms with Crippen LogP contribution in [-0.4, -0.2) is 25.2 Å². The molecular weight excluding hydrogens is 310 g/mol. The third kappa shape index (κ3) is 3.95. The van der Waals surface area contributed by atoms with Gasteiger partial charge in [0.1, 0.15) is 0 Å². The number of fused-ring (bicyclic) bond motifs is 1. The van der Waals surface area contributed by atoms with Crippen molar-refractivity contribution in [2.24, 2.45) is 0 Å². The standard InChI is InChI=1S/C17H17N3O4/c1-11(21)19-13-3-2-4-14(7-13)20-17(22)9-18-12-5-6-15-16(8-12)24-10-23-15/h2-8,18H,9-10H2,1H3,(H,19,21)(H,20,22). The third-order valence-corrected chi connectivity index (χ3v) is 3.29. The van der Waals surface area contributed by atoms with Crippen molar-refractivity contribution in [3.05, 3.63) is 42.5 Å². The van der Waals surface area contributed by atoms with Gasteiger partial charge in [0, 0.05) is 30.1 Å². The van der Waals surface area contributed by atoms with E-state index in [2.05, 4.69) is 16.0 Å². The molecule has 0 atom stereocenters. The van der Waals surface area contributed by atoms with E-state index < -0.39 is 0 Å². The highest BCUT2D eigenvalue weighted by molar-refractivity contribution is 5.95. The largest absolute Gasteiger partial charge is 0.454 e. The van der Waals surface area contributed by atoms with Crippen molar-refractivity contribution in [2.75, 3.05) is 29.3 Å². The minimum Gasteiger partial charge on any atom is -0.454 e. The summed E-state index contributed by atoms with van der Waals surface area (Å²) in [5, 5.41) is 8.46. The van der Waals surface area contributed by atoms with Crippen molar-refractivity contribution in [3.8, 4) is 11.5 Å². The SMILES string of the molecule is CC(=O)Nc1cccc(NC(=O)CNc2ccc3c(c2)OCO3)c1. The highest BCUT2D eigenvalue weighted by Crippen LogP contribution is 2.34. The van der Waals surface area contributed by atoms with Gasteiger partial charge in [-0.15, -0.1) is 0 Å². The van der Waals surface area contributed by atoms with Crippen LogP contribution in [0.2, 0.25) is 0 Å². The van der Waals surface area contributed by atoms with Gasteiger partial charge in [0.05, 0.1) is 6.54 Å². The number of carbonyl (C=O) groups is 2. The van der Waals surface area contributed by atoms with E-state index in [4.69, 9.17) is 9.47 Å². The Labute approximate surface area is 139 Å². The summed E-state index contributed by atoms with van der Waals surface area (Å²) in [5.41, 5.74) is 2.00. The average molecular weight is 327 g/mol. The summed E-state index contributed by atoms with van der Waals surface area (Å²) in [6.07, 6.45) is 0. The maximum absolute atomic E-state index is 12.0. The Hall–Kier alpha value is -3.22. The van der Waals surface area contributed by atoms with E-state index in [0.717, 1.165) is 5.69 Å². The second kappa shape index (κ2) is 6.91. The molecule has 0 aromatic heterocycles. The molecule has 1 aliphatic heterocycles. The van der Waals surface area contributed by atoms with Crippen LogP contribution in [0, 0.1) is 0 Å². The number of rotatable bonds is 5. The Kier molecular flexibility index (Phi) is 4.51. The molecule has 0 radical (unpaired) electrons. The van der Waals surface area contributed by atoms with Crippen molar-refractivity contribution in [2.45, 2.75) is 6.92 Å². The second-order valence-electron chi connectivity index (χ2n) is 5.23. The fourth-order valence-corrected chi connectivity index (χ4v) is 2.27. The maximum Gasteiger partial charge on any atom is 0.243 e. The molecular formula is C17H17N3O4. The van der Waals surface area contributed by atoms with Crippen LogP contribution in [-0.2, 0) is 9.59 Å². The van der Waals surface area contributed by atoms with Crippen LogP contribution in [0.25, 0.3) is 0 Å². The van der Waals surface area contributed by atoms with Crippen molar-refractivity contribution in [1.29, 1.82) is 0 Å². The fraction of sp³-hybridized carbons (Fsp3) is 0.176. The molecule has 2 aromatic rings. The molecule has 2 amide bonds. The van der Waals surface area contributed by atoms with Gasteiger partial charge >= 0.3 is 0 Å². The predicted molar refractivity (Wildman–Crippen MR) is 90.4 cm³/mol. The number of anilines is 3. The maximum atomic E-state index is 12.0. The smallest absolute Gasteiger partial charge is 0.243 e. The number of hydrogen-bond donors (Lipinski definition) is 3. The van der Waals surface area contributed by atoms with Gasteiger partial charge in [-0.2, -0.15) is 0 Å². The Morgan fingerprint density at radius 3 is 2.50 bits per heavy atom. The second-order valence-corrected chi connectivity index (χ2v) is 5.23. The molecule has 1 heterocycles. The molecule has 0 fully saturated rings. The number of nitrogens with one attached hydrogen (secondary N) is 3. The van der Waals surface area contributed by atoms with Crippen LogP contribution in [0.15, 0.2) is 42.5 Å². The lowest BCUT2D eigenvalue weighted by molar-refractivity contribution is -0.115. The summed E-state index contributed by atoms with van der Waals surface area (Å²) >= 11 is 0. The molecule has 0 bridgehead atoms. The Morgan fingerprint density at radius 1 is 0.958 bits per heavy atom. The molecule has 0 saturated carbocycles. The van der Waals surface area contributed by atoms with Crippen molar-refractivity contribution in [3.63, 3.8) is 0 Å². The Balaban J connectivity index is 1.55. The quantitative estimate of drug-likeness (QED) is 0.785. The monoisotopic (exact) mass is 327 g/mol. The summed E-state index contributed by atoms with van der Waals surface area (Å²) in [7, 11) is 0. The molecule has 7 nitrogen and oxygen atoms in total. The van der Waals surface area contributed by atoms with Gasteiger partial charge in [-0.3, -0.25) is 9.59 Å². The Morgan fingerprint density at radius 2 is 1.71 bits per heavy atom. The minimum atomic E-state index is -0.201. The van der Waals surface area contributed by atoms with Crippen LogP contribution < -0.4 is 25.4 Å². The van der Waals surface area contributed by atoms with Gasteiger partial charge in [-0.25, -0.2) is 0 Å². The van der Waals surface area contributed by atoms with Gasteiger partial charge in [0.2, 0.25) is 18.6 Å². The number of carbonyl (C=O) groups excluding carboxylic acids is 2. The van der Waals surface area contributed by atoms with E-state index in [9.17, 15) is 9.59 Å². The zero-order chi connectivity index (χ0) is 16.9. The first-order valence-corrected chi connectivity index (χ1v) is 7.41. The van der Waals surface area contributed by atoms with Gasteiger partial charge in [-0.05, 0) is 30.3 Å². The predicted octanol–water partition coefficient (Wildman–Crippen LogP) is 2.42. The first-order chi connectivity index (χ1) is 11.6. The van der Waals surface area contributed by atoms with Gasteiger partial charge in [0.25, 0.3) is 0 Å². The molecule has 0 unspecified atom stereocenters. The van der Waals surface area contributed by atoms with Gasteiger partial charge < -0.3 is 25.4 Å². The van der Waals surface area contributed by atoms with Gasteiger partial charge in [0.15, 0.2) is 11.5 Å². The molecule has 24 heavy (non-hydrogen) atoms. The van der Waals surface area contributed by atoms with Crippen LogP contribution in [0.5, 0.6) is 11.5 Å². The van der Waals surface area contributed by atoms with Crippen LogP contribution >= 0.6 is 0 Å². The molecule has 124 valence electrons. The first kappa shape index (κ1) is 15.7. The van der Waals surface area contributed by atoms with E-state index in [0.29, 0.717) is 22.9 Å². The molecule has 0 spiro atoms. The summed E-state index contributed by atoms with van der Waals surface area (Å²) in [5.74, 6) is 0.985. The summed E-state index contributed by atoms with van der Waals surface area (Å²) in [4.78, 5) is 23.1. The zero-order valence-corrected chi connectivity index (χ0v) is 13.1. The number of amides is 2. The molecule has 7 heteroatoms. The zero-order valence-electron chi connectivity index (χ0n) is 13.1. The fourth-order valence-electron chi connectivity index (χ4n) is 2.27. The molecule has 1 aliphatic rings. The summed E-state index contributed by atoms with van der Waals surface area (Å²) in [6, 6.07) is 12.3. The van der Waals surface area contributed by atoms with E-state index in [1.165, 1.54) is 6.92 Å². The van der Waals surface area contributed by atoms with E-state index in [1.807, 2.05) is 6.07 Å². The van der Waals surface area contributed by atoms with Crippen molar-refractivity contribution in [1.82, 2.24) is 0 Å². The van der Waals surface area contributed by atoms with Crippen LogP contribution in [0.3, 0.4) is 0 Å². The molecule has 2 aromatic carbocycles. The minimum absolute atomic E-state index is 0.101.